The molecule has 114 valence electrons. The van der Waals surface area contributed by atoms with Gasteiger partial charge in [-0.25, -0.2) is 4.68 Å². The van der Waals surface area contributed by atoms with Gasteiger partial charge in [-0.15, -0.1) is 0 Å². The van der Waals surface area contributed by atoms with E-state index in [0.717, 1.165) is 4.68 Å². The van der Waals surface area contributed by atoms with Gasteiger partial charge in [0.2, 0.25) is 0 Å². The lowest BCUT2D eigenvalue weighted by Gasteiger charge is -2.11. The van der Waals surface area contributed by atoms with Crippen molar-refractivity contribution in [2.24, 2.45) is 7.05 Å². The lowest BCUT2D eigenvalue weighted by Crippen LogP contribution is -2.23. The number of amides is 2. The monoisotopic (exact) mass is 300 g/mol. The third-order valence-corrected chi connectivity index (χ3v) is 2.99. The molecule has 0 aliphatic heterocycles. The van der Waals surface area contributed by atoms with E-state index in [1.165, 1.54) is 24.1 Å². The van der Waals surface area contributed by atoms with Crippen LogP contribution in [0.4, 0.5) is 5.69 Å². The standard InChI is InChI=1S/C15H16N4O3/c1-18(2)15(22)10-4-6-11(7-5-10)16-14(21)12-8-9-13(20)19(3)17-12/h4-9H,1-3H3,(H,16,21). The molecule has 0 aliphatic rings. The number of rotatable bonds is 3. The first-order chi connectivity index (χ1) is 10.4. The number of anilines is 1. The number of nitrogens with zero attached hydrogens (tertiary/aromatic N) is 3. The SMILES string of the molecule is CN(C)C(=O)c1ccc(NC(=O)c2ccc(=O)n(C)n2)cc1. The third kappa shape index (κ3) is 3.38. The van der Waals surface area contributed by atoms with E-state index in [9.17, 15) is 14.4 Å². The Morgan fingerprint density at radius 2 is 1.73 bits per heavy atom. The molecule has 0 saturated carbocycles. The highest BCUT2D eigenvalue weighted by Gasteiger charge is 2.11. The highest BCUT2D eigenvalue weighted by molar-refractivity contribution is 6.03. The minimum atomic E-state index is -0.428. The predicted octanol–water partition coefficient (Wildman–Crippen LogP) is 0.734. The summed E-state index contributed by atoms with van der Waals surface area (Å²) in [6, 6.07) is 9.17. The quantitative estimate of drug-likeness (QED) is 0.906. The van der Waals surface area contributed by atoms with Gasteiger partial charge < -0.3 is 10.2 Å². The van der Waals surface area contributed by atoms with Crippen molar-refractivity contribution < 1.29 is 9.59 Å². The number of aryl methyl sites for hydroxylation is 1. The first-order valence-corrected chi connectivity index (χ1v) is 6.56. The van der Waals surface area contributed by atoms with Crippen molar-refractivity contribution in [1.29, 1.82) is 0 Å². The molecule has 0 fully saturated rings. The molecule has 0 atom stereocenters. The maximum absolute atomic E-state index is 12.0. The van der Waals surface area contributed by atoms with Crippen LogP contribution in [0.3, 0.4) is 0 Å². The molecule has 1 aromatic carbocycles. The number of nitrogens with one attached hydrogen (secondary N) is 1. The van der Waals surface area contributed by atoms with Crippen molar-refractivity contribution in [2.75, 3.05) is 19.4 Å². The molecule has 0 unspecified atom stereocenters. The molecule has 1 aromatic heterocycles. The molecule has 0 spiro atoms. The maximum atomic E-state index is 12.0. The number of carbonyl (C=O) groups excluding carboxylic acids is 2. The number of hydrogen-bond donors (Lipinski definition) is 1. The zero-order valence-corrected chi connectivity index (χ0v) is 12.5. The second-order valence-electron chi connectivity index (χ2n) is 4.91. The largest absolute Gasteiger partial charge is 0.345 e. The summed E-state index contributed by atoms with van der Waals surface area (Å²) in [5.41, 5.74) is 0.915. The van der Waals surface area contributed by atoms with Gasteiger partial charge in [0.15, 0.2) is 0 Å². The van der Waals surface area contributed by atoms with Gasteiger partial charge in [-0.05, 0) is 30.3 Å². The molecule has 0 aliphatic carbocycles. The summed E-state index contributed by atoms with van der Waals surface area (Å²) < 4.78 is 1.09. The van der Waals surface area contributed by atoms with E-state index >= 15 is 0 Å². The normalized spacial score (nSPS) is 10.1. The van der Waals surface area contributed by atoms with Gasteiger partial charge in [0.25, 0.3) is 17.4 Å². The van der Waals surface area contributed by atoms with E-state index in [2.05, 4.69) is 10.4 Å². The molecule has 1 heterocycles. The summed E-state index contributed by atoms with van der Waals surface area (Å²) in [7, 11) is 4.81. The number of carbonyl (C=O) groups is 2. The van der Waals surface area contributed by atoms with Crippen molar-refractivity contribution >= 4 is 17.5 Å². The second kappa shape index (κ2) is 6.21. The Balaban J connectivity index is 2.13. The Kier molecular flexibility index (Phi) is 4.36. The fourth-order valence-corrected chi connectivity index (χ4v) is 1.77. The summed E-state index contributed by atoms with van der Waals surface area (Å²) in [5.74, 6) is -0.542. The zero-order chi connectivity index (χ0) is 16.3. The van der Waals surface area contributed by atoms with Crippen molar-refractivity contribution in [3.8, 4) is 0 Å². The van der Waals surface area contributed by atoms with Crippen LogP contribution in [0.2, 0.25) is 0 Å². The molecule has 2 rings (SSSR count). The summed E-state index contributed by atoms with van der Waals surface area (Å²) in [4.78, 5) is 36.5. The Labute approximate surface area is 127 Å². The van der Waals surface area contributed by atoms with E-state index in [1.54, 1.807) is 38.4 Å². The fraction of sp³-hybridized carbons (Fsp3) is 0.200. The van der Waals surface area contributed by atoms with E-state index in [-0.39, 0.29) is 17.2 Å². The van der Waals surface area contributed by atoms with Gasteiger partial charge in [0.05, 0.1) is 0 Å². The Morgan fingerprint density at radius 3 is 2.27 bits per heavy atom. The van der Waals surface area contributed by atoms with Gasteiger partial charge in [-0.3, -0.25) is 14.4 Å². The van der Waals surface area contributed by atoms with Crippen LogP contribution in [0.5, 0.6) is 0 Å². The molecule has 7 nitrogen and oxygen atoms in total. The highest BCUT2D eigenvalue weighted by atomic mass is 16.2. The topological polar surface area (TPSA) is 84.3 Å². The van der Waals surface area contributed by atoms with E-state index in [0.29, 0.717) is 11.3 Å². The van der Waals surface area contributed by atoms with Crippen molar-refractivity contribution in [1.82, 2.24) is 14.7 Å². The van der Waals surface area contributed by atoms with Crippen LogP contribution in [-0.2, 0) is 7.05 Å². The summed E-state index contributed by atoms with van der Waals surface area (Å²) in [6.07, 6.45) is 0. The van der Waals surface area contributed by atoms with Crippen LogP contribution in [0.25, 0.3) is 0 Å². The van der Waals surface area contributed by atoms with Gasteiger partial charge in [-0.2, -0.15) is 5.10 Å². The second-order valence-corrected chi connectivity index (χ2v) is 4.91. The minimum absolute atomic E-state index is 0.113. The van der Waals surface area contributed by atoms with Gasteiger partial charge >= 0.3 is 0 Å². The molecule has 0 saturated heterocycles. The maximum Gasteiger partial charge on any atom is 0.276 e. The molecule has 2 aromatic rings. The van der Waals surface area contributed by atoms with Crippen molar-refractivity contribution in [2.45, 2.75) is 0 Å². The lowest BCUT2D eigenvalue weighted by atomic mass is 10.2. The van der Waals surface area contributed by atoms with Crippen molar-refractivity contribution in [3.05, 3.63) is 58.0 Å². The zero-order valence-electron chi connectivity index (χ0n) is 12.5. The van der Waals surface area contributed by atoms with Crippen LogP contribution in [-0.4, -0.2) is 40.6 Å². The van der Waals surface area contributed by atoms with E-state index in [1.807, 2.05) is 0 Å². The molecule has 7 heteroatoms. The number of benzene rings is 1. The summed E-state index contributed by atoms with van der Waals surface area (Å²) in [5, 5.41) is 6.53. The number of aromatic nitrogens is 2. The molecule has 0 bridgehead atoms. The number of hydrogen-bond acceptors (Lipinski definition) is 4. The van der Waals surface area contributed by atoms with Gasteiger partial charge in [-0.1, -0.05) is 0 Å². The summed E-state index contributed by atoms with van der Waals surface area (Å²) >= 11 is 0. The molecular weight excluding hydrogens is 284 g/mol. The summed E-state index contributed by atoms with van der Waals surface area (Å²) in [6.45, 7) is 0. The minimum Gasteiger partial charge on any atom is -0.345 e. The molecule has 1 N–H and O–H groups in total. The molecule has 22 heavy (non-hydrogen) atoms. The van der Waals surface area contributed by atoms with Crippen LogP contribution in [0, 0.1) is 0 Å². The van der Waals surface area contributed by atoms with Crippen molar-refractivity contribution in [3.63, 3.8) is 0 Å². The Bertz CT molecular complexity index is 763. The smallest absolute Gasteiger partial charge is 0.276 e. The van der Waals surface area contributed by atoms with Gasteiger partial charge in [0, 0.05) is 38.5 Å². The van der Waals surface area contributed by atoms with Crippen LogP contribution < -0.4 is 10.9 Å². The lowest BCUT2D eigenvalue weighted by molar-refractivity contribution is 0.0827. The van der Waals surface area contributed by atoms with E-state index in [4.69, 9.17) is 0 Å². The molecule has 0 radical (unpaired) electrons. The van der Waals surface area contributed by atoms with E-state index < -0.39 is 5.91 Å². The van der Waals surface area contributed by atoms with Crippen LogP contribution >= 0.6 is 0 Å². The van der Waals surface area contributed by atoms with Crippen LogP contribution in [0.1, 0.15) is 20.8 Å². The Hall–Kier alpha value is -2.96. The fourth-order valence-electron chi connectivity index (χ4n) is 1.77. The highest BCUT2D eigenvalue weighted by Crippen LogP contribution is 2.11. The molecule has 2 amide bonds. The predicted molar refractivity (Wildman–Crippen MR) is 81.9 cm³/mol. The molecular formula is C15H16N4O3. The first kappa shape index (κ1) is 15.4. The average molecular weight is 300 g/mol. The third-order valence-electron chi connectivity index (χ3n) is 2.99. The first-order valence-electron chi connectivity index (χ1n) is 6.56. The Morgan fingerprint density at radius 1 is 1.09 bits per heavy atom. The van der Waals surface area contributed by atoms with Gasteiger partial charge in [0.1, 0.15) is 5.69 Å². The average Bonchev–Trinajstić information content (AvgIpc) is 2.50. The van der Waals surface area contributed by atoms with Crippen LogP contribution in [0.15, 0.2) is 41.2 Å².